The quantitative estimate of drug-likeness (QED) is 0.750. The molecule has 110 valence electrons. The van der Waals surface area contributed by atoms with Crippen molar-refractivity contribution in [3.63, 3.8) is 0 Å². The highest BCUT2D eigenvalue weighted by Crippen LogP contribution is 2.27. The van der Waals surface area contributed by atoms with Crippen LogP contribution in [0, 0.1) is 0 Å². The third-order valence-electron chi connectivity index (χ3n) is 4.36. The molecule has 0 bridgehead atoms. The number of carboxylic acids is 1. The molecular weight excluding hydrogens is 252 g/mol. The number of likely N-dealkylation sites (N-methyl/N-ethyl adjacent to an activating group) is 1. The molecule has 0 radical (unpaired) electrons. The summed E-state index contributed by atoms with van der Waals surface area (Å²) in [6.07, 6.45) is 3.73. The number of unbranched alkanes of at least 4 members (excludes halogenated alkanes) is 1. The second kappa shape index (κ2) is 6.27. The highest BCUT2D eigenvalue weighted by Gasteiger charge is 2.30. The number of carbonyl (C=O) groups is 1. The van der Waals surface area contributed by atoms with E-state index in [0.717, 1.165) is 32.4 Å². The Bertz CT molecular complexity index is 475. The summed E-state index contributed by atoms with van der Waals surface area (Å²) < 4.78 is 0. The maximum atomic E-state index is 11.2. The summed E-state index contributed by atoms with van der Waals surface area (Å²) in [6, 6.07) is 8.54. The Morgan fingerprint density at radius 3 is 2.85 bits per heavy atom. The van der Waals surface area contributed by atoms with Gasteiger partial charge in [0.2, 0.25) is 0 Å². The van der Waals surface area contributed by atoms with Crippen LogP contribution < -0.4 is 10.2 Å². The lowest BCUT2D eigenvalue weighted by molar-refractivity contribution is -0.144. The third kappa shape index (κ3) is 3.12. The van der Waals surface area contributed by atoms with Crippen LogP contribution in [0.25, 0.3) is 0 Å². The Kier molecular flexibility index (Phi) is 4.65. The molecule has 2 N–H and O–H groups in total. The van der Waals surface area contributed by atoms with E-state index in [-0.39, 0.29) is 0 Å². The predicted molar refractivity (Wildman–Crippen MR) is 81.3 cm³/mol. The lowest BCUT2D eigenvalue weighted by Crippen LogP contribution is -2.47. The van der Waals surface area contributed by atoms with Crippen molar-refractivity contribution in [1.29, 1.82) is 0 Å². The molecule has 0 spiro atoms. The van der Waals surface area contributed by atoms with Gasteiger partial charge in [0.05, 0.1) is 0 Å². The fourth-order valence-electron chi connectivity index (χ4n) is 2.76. The van der Waals surface area contributed by atoms with Crippen molar-refractivity contribution >= 4 is 11.7 Å². The van der Waals surface area contributed by atoms with Crippen LogP contribution >= 0.6 is 0 Å². The molecule has 20 heavy (non-hydrogen) atoms. The largest absolute Gasteiger partial charge is 0.480 e. The summed E-state index contributed by atoms with van der Waals surface area (Å²) in [4.78, 5) is 13.6. The van der Waals surface area contributed by atoms with E-state index in [2.05, 4.69) is 34.5 Å². The Morgan fingerprint density at radius 1 is 1.40 bits per heavy atom. The van der Waals surface area contributed by atoms with Crippen LogP contribution in [0.2, 0.25) is 0 Å². The number of rotatable bonds is 7. The van der Waals surface area contributed by atoms with Crippen LogP contribution in [0.3, 0.4) is 0 Å². The van der Waals surface area contributed by atoms with Crippen LogP contribution in [-0.2, 0) is 11.2 Å². The van der Waals surface area contributed by atoms with Gasteiger partial charge in [-0.2, -0.15) is 0 Å². The first-order valence-electron chi connectivity index (χ1n) is 7.32. The highest BCUT2D eigenvalue weighted by molar-refractivity contribution is 5.78. The molecule has 1 unspecified atom stereocenters. The van der Waals surface area contributed by atoms with E-state index in [1.807, 2.05) is 0 Å². The van der Waals surface area contributed by atoms with E-state index >= 15 is 0 Å². The second-order valence-electron chi connectivity index (χ2n) is 5.71. The van der Waals surface area contributed by atoms with Crippen LogP contribution in [0.5, 0.6) is 0 Å². The molecule has 0 saturated carbocycles. The van der Waals surface area contributed by atoms with E-state index in [0.29, 0.717) is 6.42 Å². The van der Waals surface area contributed by atoms with Crippen LogP contribution in [0.4, 0.5) is 5.69 Å². The molecule has 1 aliphatic heterocycles. The number of anilines is 1. The third-order valence-corrected chi connectivity index (χ3v) is 4.36. The lowest BCUT2D eigenvalue weighted by Gasteiger charge is -2.25. The summed E-state index contributed by atoms with van der Waals surface area (Å²) in [7, 11) is 1.71. The zero-order valence-electron chi connectivity index (χ0n) is 12.4. The molecule has 0 aliphatic carbocycles. The van der Waals surface area contributed by atoms with Gasteiger partial charge in [-0.3, -0.25) is 4.79 Å². The molecule has 4 heteroatoms. The standard InChI is InChI=1S/C16H24N2O2/c1-16(17-2,15(19)20)10-5-6-11-18-12-9-13-7-3-4-8-14(13)18/h3-4,7-8,17H,5-6,9-12H2,1-2H3,(H,19,20). The predicted octanol–water partition coefficient (Wildman–Crippen LogP) is 2.28. The zero-order valence-corrected chi connectivity index (χ0v) is 12.4. The number of nitrogens with one attached hydrogen (secondary N) is 1. The molecule has 1 atom stereocenters. The van der Waals surface area contributed by atoms with Gasteiger partial charge < -0.3 is 15.3 Å². The van der Waals surface area contributed by atoms with Crippen LogP contribution in [0.15, 0.2) is 24.3 Å². The van der Waals surface area contributed by atoms with Crippen molar-refractivity contribution in [1.82, 2.24) is 5.32 Å². The van der Waals surface area contributed by atoms with Gasteiger partial charge in [0, 0.05) is 18.8 Å². The first kappa shape index (κ1) is 14.9. The Balaban J connectivity index is 1.79. The number of aliphatic carboxylic acids is 1. The number of fused-ring (bicyclic) bond motifs is 1. The fourth-order valence-corrected chi connectivity index (χ4v) is 2.76. The highest BCUT2D eigenvalue weighted by atomic mass is 16.4. The number of benzene rings is 1. The zero-order chi connectivity index (χ0) is 14.6. The summed E-state index contributed by atoms with van der Waals surface area (Å²) in [5.41, 5.74) is 1.98. The minimum atomic E-state index is -0.803. The van der Waals surface area contributed by atoms with E-state index in [1.165, 1.54) is 11.3 Å². The van der Waals surface area contributed by atoms with Gasteiger partial charge in [-0.05, 0) is 51.3 Å². The number of hydrogen-bond donors (Lipinski definition) is 2. The van der Waals surface area contributed by atoms with Crippen molar-refractivity contribution in [2.75, 3.05) is 25.0 Å². The van der Waals surface area contributed by atoms with Gasteiger partial charge in [0.15, 0.2) is 0 Å². The van der Waals surface area contributed by atoms with E-state index < -0.39 is 11.5 Å². The minimum absolute atomic E-state index is 0.661. The molecule has 1 heterocycles. The second-order valence-corrected chi connectivity index (χ2v) is 5.71. The van der Waals surface area contributed by atoms with Gasteiger partial charge in [-0.1, -0.05) is 18.2 Å². The monoisotopic (exact) mass is 276 g/mol. The SMILES string of the molecule is CNC(C)(CCCCN1CCc2ccccc21)C(=O)O. The summed E-state index contributed by atoms with van der Waals surface area (Å²) in [5, 5.41) is 12.1. The average Bonchev–Trinajstić information content (AvgIpc) is 2.86. The van der Waals surface area contributed by atoms with Gasteiger partial charge >= 0.3 is 5.97 Å². The molecule has 0 aromatic heterocycles. The number of nitrogens with zero attached hydrogens (tertiary/aromatic N) is 1. The van der Waals surface area contributed by atoms with E-state index in [1.54, 1.807) is 14.0 Å². The molecule has 1 aliphatic rings. The molecular formula is C16H24N2O2. The summed E-state index contributed by atoms with van der Waals surface area (Å²) >= 11 is 0. The van der Waals surface area contributed by atoms with Crippen LogP contribution in [-0.4, -0.2) is 36.8 Å². The molecule has 1 aromatic rings. The van der Waals surface area contributed by atoms with Gasteiger partial charge in [-0.25, -0.2) is 0 Å². The normalized spacial score (nSPS) is 16.8. The Labute approximate surface area is 120 Å². The molecule has 0 fully saturated rings. The lowest BCUT2D eigenvalue weighted by atomic mass is 9.95. The number of carboxylic acid groups (broad SMARTS) is 1. The van der Waals surface area contributed by atoms with Crippen molar-refractivity contribution in [2.24, 2.45) is 0 Å². The minimum Gasteiger partial charge on any atom is -0.480 e. The van der Waals surface area contributed by atoms with Gasteiger partial charge in [0.1, 0.15) is 5.54 Å². The topological polar surface area (TPSA) is 52.6 Å². The molecule has 2 rings (SSSR count). The van der Waals surface area contributed by atoms with Crippen molar-refractivity contribution < 1.29 is 9.90 Å². The Morgan fingerprint density at radius 2 is 2.15 bits per heavy atom. The van der Waals surface area contributed by atoms with E-state index in [9.17, 15) is 9.90 Å². The maximum absolute atomic E-state index is 11.2. The van der Waals surface area contributed by atoms with Crippen LogP contribution in [0.1, 0.15) is 31.7 Å². The number of para-hydroxylation sites is 1. The smallest absolute Gasteiger partial charge is 0.323 e. The fraction of sp³-hybridized carbons (Fsp3) is 0.562. The molecule has 1 aromatic carbocycles. The van der Waals surface area contributed by atoms with Crippen molar-refractivity contribution in [3.8, 4) is 0 Å². The maximum Gasteiger partial charge on any atom is 0.323 e. The molecule has 4 nitrogen and oxygen atoms in total. The first-order valence-corrected chi connectivity index (χ1v) is 7.32. The average molecular weight is 276 g/mol. The summed E-state index contributed by atoms with van der Waals surface area (Å²) in [6.45, 7) is 3.85. The van der Waals surface area contributed by atoms with Crippen molar-refractivity contribution in [3.05, 3.63) is 29.8 Å². The molecule has 0 saturated heterocycles. The summed E-state index contributed by atoms with van der Waals surface area (Å²) in [5.74, 6) is -0.772. The van der Waals surface area contributed by atoms with Crippen molar-refractivity contribution in [2.45, 2.75) is 38.1 Å². The molecule has 0 amide bonds. The van der Waals surface area contributed by atoms with Gasteiger partial charge in [-0.15, -0.1) is 0 Å². The Hall–Kier alpha value is -1.55. The first-order chi connectivity index (χ1) is 9.57. The van der Waals surface area contributed by atoms with Gasteiger partial charge in [0.25, 0.3) is 0 Å². The van der Waals surface area contributed by atoms with E-state index in [4.69, 9.17) is 0 Å². The number of hydrogen-bond acceptors (Lipinski definition) is 3.